The van der Waals surface area contributed by atoms with Crippen LogP contribution in [0, 0.1) is 5.41 Å². The summed E-state index contributed by atoms with van der Waals surface area (Å²) in [4.78, 5) is 37.4. The quantitative estimate of drug-likeness (QED) is 0.903. The summed E-state index contributed by atoms with van der Waals surface area (Å²) in [6.45, 7) is 2.40. The number of nitrogens with zero attached hydrogens (tertiary/aromatic N) is 3. The van der Waals surface area contributed by atoms with E-state index in [2.05, 4.69) is 5.10 Å². The Morgan fingerprint density at radius 2 is 1.92 bits per heavy atom. The molecule has 1 saturated heterocycles. The van der Waals surface area contributed by atoms with Crippen molar-refractivity contribution in [3.63, 3.8) is 0 Å². The molecule has 2 aromatic rings. The van der Waals surface area contributed by atoms with Gasteiger partial charge in [-0.3, -0.25) is 14.4 Å². The molecular formula is C18H19N3O4. The lowest BCUT2D eigenvalue weighted by Gasteiger charge is -2.20. The first-order valence-corrected chi connectivity index (χ1v) is 8.04. The SMILES string of the molecule is C[C@@]1(C(=O)O)CCN(C(=O)c2ccc(=O)n(Cc3ccccc3)n2)C1. The molecule has 0 saturated carbocycles. The fourth-order valence-corrected chi connectivity index (χ4v) is 2.90. The average molecular weight is 341 g/mol. The maximum Gasteiger partial charge on any atom is 0.311 e. The van der Waals surface area contributed by atoms with E-state index in [1.807, 2.05) is 30.3 Å². The summed E-state index contributed by atoms with van der Waals surface area (Å²) >= 11 is 0. The predicted molar refractivity (Wildman–Crippen MR) is 90.3 cm³/mol. The second-order valence-corrected chi connectivity index (χ2v) is 6.54. The number of carbonyl (C=O) groups is 2. The first kappa shape index (κ1) is 16.9. The highest BCUT2D eigenvalue weighted by molar-refractivity contribution is 5.93. The summed E-state index contributed by atoms with van der Waals surface area (Å²) < 4.78 is 1.25. The number of hydrogen-bond donors (Lipinski definition) is 1. The van der Waals surface area contributed by atoms with Crippen LogP contribution in [0.15, 0.2) is 47.3 Å². The zero-order valence-electron chi connectivity index (χ0n) is 13.9. The van der Waals surface area contributed by atoms with E-state index in [1.165, 1.54) is 21.7 Å². The van der Waals surface area contributed by atoms with Crippen molar-refractivity contribution in [2.24, 2.45) is 5.41 Å². The molecule has 25 heavy (non-hydrogen) atoms. The molecule has 3 rings (SSSR count). The molecule has 0 unspecified atom stereocenters. The van der Waals surface area contributed by atoms with Crippen LogP contribution in [-0.2, 0) is 11.3 Å². The Morgan fingerprint density at radius 1 is 1.20 bits per heavy atom. The third-order valence-corrected chi connectivity index (χ3v) is 4.54. The Labute approximate surface area is 144 Å². The predicted octanol–water partition coefficient (Wildman–Crippen LogP) is 1.23. The standard InChI is InChI=1S/C18H19N3O4/c1-18(17(24)25)9-10-20(12-18)16(23)14-7-8-15(22)21(19-14)11-13-5-3-2-4-6-13/h2-8H,9-12H2,1H3,(H,24,25)/t18-/m1/s1. The van der Waals surface area contributed by atoms with Gasteiger partial charge in [0.1, 0.15) is 5.69 Å². The number of rotatable bonds is 4. The number of aromatic nitrogens is 2. The van der Waals surface area contributed by atoms with E-state index in [0.29, 0.717) is 13.0 Å². The van der Waals surface area contributed by atoms with Crippen LogP contribution in [0.1, 0.15) is 29.4 Å². The number of carboxylic acids is 1. The van der Waals surface area contributed by atoms with E-state index < -0.39 is 11.4 Å². The van der Waals surface area contributed by atoms with Gasteiger partial charge in [0.2, 0.25) is 0 Å². The summed E-state index contributed by atoms with van der Waals surface area (Å²) in [6.07, 6.45) is 0.401. The van der Waals surface area contributed by atoms with Crippen LogP contribution in [0.2, 0.25) is 0 Å². The molecule has 1 amide bonds. The first-order chi connectivity index (χ1) is 11.9. The molecule has 1 N–H and O–H groups in total. The number of carboxylic acid groups (broad SMARTS) is 1. The minimum absolute atomic E-state index is 0.140. The summed E-state index contributed by atoms with van der Waals surface area (Å²) in [5.74, 6) is -1.27. The van der Waals surface area contributed by atoms with Crippen molar-refractivity contribution in [2.45, 2.75) is 19.9 Å². The first-order valence-electron chi connectivity index (χ1n) is 8.04. The van der Waals surface area contributed by atoms with Crippen LogP contribution in [0.25, 0.3) is 0 Å². The van der Waals surface area contributed by atoms with Crippen molar-refractivity contribution in [1.29, 1.82) is 0 Å². The van der Waals surface area contributed by atoms with Crippen LogP contribution in [0.4, 0.5) is 0 Å². The van der Waals surface area contributed by atoms with E-state index in [9.17, 15) is 19.5 Å². The Bertz CT molecular complexity index is 862. The molecule has 2 heterocycles. The van der Waals surface area contributed by atoms with Crippen molar-refractivity contribution in [1.82, 2.24) is 14.7 Å². The third kappa shape index (κ3) is 3.45. The molecule has 7 heteroatoms. The molecular weight excluding hydrogens is 322 g/mol. The van der Waals surface area contributed by atoms with E-state index in [1.54, 1.807) is 6.92 Å². The molecule has 1 fully saturated rings. The minimum Gasteiger partial charge on any atom is -0.481 e. The van der Waals surface area contributed by atoms with Crippen molar-refractivity contribution < 1.29 is 14.7 Å². The zero-order valence-corrected chi connectivity index (χ0v) is 13.9. The van der Waals surface area contributed by atoms with Crippen molar-refractivity contribution in [3.8, 4) is 0 Å². The molecule has 0 bridgehead atoms. The van der Waals surface area contributed by atoms with E-state index in [-0.39, 0.29) is 30.2 Å². The topological polar surface area (TPSA) is 92.5 Å². The molecule has 1 aliphatic rings. The number of aliphatic carboxylic acids is 1. The molecule has 0 radical (unpaired) electrons. The Morgan fingerprint density at radius 3 is 2.56 bits per heavy atom. The van der Waals surface area contributed by atoms with Crippen LogP contribution < -0.4 is 5.56 Å². The largest absolute Gasteiger partial charge is 0.481 e. The molecule has 1 atom stereocenters. The fourth-order valence-electron chi connectivity index (χ4n) is 2.90. The second-order valence-electron chi connectivity index (χ2n) is 6.54. The Hall–Kier alpha value is -2.96. The number of amides is 1. The molecule has 130 valence electrons. The molecule has 0 spiro atoms. The highest BCUT2D eigenvalue weighted by Gasteiger charge is 2.42. The van der Waals surface area contributed by atoms with Gasteiger partial charge in [0, 0.05) is 19.2 Å². The summed E-state index contributed by atoms with van der Waals surface area (Å²) in [5.41, 5.74) is -0.183. The van der Waals surface area contributed by atoms with Gasteiger partial charge >= 0.3 is 5.97 Å². The average Bonchev–Trinajstić information content (AvgIpc) is 3.01. The van der Waals surface area contributed by atoms with Gasteiger partial charge in [-0.25, -0.2) is 4.68 Å². The maximum atomic E-state index is 12.6. The highest BCUT2D eigenvalue weighted by atomic mass is 16.4. The number of likely N-dealkylation sites (tertiary alicyclic amines) is 1. The lowest BCUT2D eigenvalue weighted by atomic mass is 9.90. The molecule has 0 aliphatic carbocycles. The van der Waals surface area contributed by atoms with Crippen molar-refractivity contribution in [3.05, 3.63) is 64.1 Å². The molecule has 1 aromatic carbocycles. The van der Waals surface area contributed by atoms with Gasteiger partial charge in [-0.15, -0.1) is 0 Å². The summed E-state index contributed by atoms with van der Waals surface area (Å²) in [5, 5.41) is 13.5. The maximum absolute atomic E-state index is 12.6. The van der Waals surface area contributed by atoms with Crippen molar-refractivity contribution >= 4 is 11.9 Å². The van der Waals surface area contributed by atoms with Crippen LogP contribution in [-0.4, -0.2) is 44.8 Å². The summed E-state index contributed by atoms with van der Waals surface area (Å²) in [6, 6.07) is 12.1. The third-order valence-electron chi connectivity index (χ3n) is 4.54. The Balaban J connectivity index is 1.81. The molecule has 1 aliphatic heterocycles. The van der Waals surface area contributed by atoms with Crippen LogP contribution in [0.3, 0.4) is 0 Å². The normalized spacial score (nSPS) is 19.8. The van der Waals surface area contributed by atoms with Crippen molar-refractivity contribution in [2.75, 3.05) is 13.1 Å². The van der Waals surface area contributed by atoms with Gasteiger partial charge in [-0.2, -0.15) is 5.10 Å². The Kier molecular flexibility index (Phi) is 4.39. The minimum atomic E-state index is -0.936. The van der Waals surface area contributed by atoms with Gasteiger partial charge in [-0.05, 0) is 25.0 Å². The molecule has 7 nitrogen and oxygen atoms in total. The highest BCUT2D eigenvalue weighted by Crippen LogP contribution is 2.30. The van der Waals surface area contributed by atoms with Gasteiger partial charge in [0.05, 0.1) is 12.0 Å². The van der Waals surface area contributed by atoms with Crippen LogP contribution >= 0.6 is 0 Å². The zero-order chi connectivity index (χ0) is 18.0. The smallest absolute Gasteiger partial charge is 0.311 e. The summed E-state index contributed by atoms with van der Waals surface area (Å²) in [7, 11) is 0. The van der Waals surface area contributed by atoms with E-state index >= 15 is 0 Å². The van der Waals surface area contributed by atoms with Gasteiger partial charge < -0.3 is 10.0 Å². The number of benzene rings is 1. The lowest BCUT2D eigenvalue weighted by molar-refractivity contribution is -0.147. The number of carbonyl (C=O) groups excluding carboxylic acids is 1. The lowest BCUT2D eigenvalue weighted by Crippen LogP contribution is -2.36. The monoisotopic (exact) mass is 341 g/mol. The van der Waals surface area contributed by atoms with Gasteiger partial charge in [0.15, 0.2) is 0 Å². The van der Waals surface area contributed by atoms with E-state index in [4.69, 9.17) is 0 Å². The second kappa shape index (κ2) is 6.51. The van der Waals surface area contributed by atoms with Crippen LogP contribution in [0.5, 0.6) is 0 Å². The van der Waals surface area contributed by atoms with Gasteiger partial charge in [0.25, 0.3) is 11.5 Å². The fraction of sp³-hybridized carbons (Fsp3) is 0.333. The molecule has 1 aromatic heterocycles. The number of hydrogen-bond acceptors (Lipinski definition) is 4. The van der Waals surface area contributed by atoms with E-state index in [0.717, 1.165) is 5.56 Å². The van der Waals surface area contributed by atoms with Gasteiger partial charge in [-0.1, -0.05) is 30.3 Å².